The van der Waals surface area contributed by atoms with Crippen molar-refractivity contribution in [1.29, 1.82) is 0 Å². The summed E-state index contributed by atoms with van der Waals surface area (Å²) >= 11 is 1.32. The Morgan fingerprint density at radius 2 is 1.64 bits per heavy atom. The van der Waals surface area contributed by atoms with Crippen molar-refractivity contribution in [1.82, 2.24) is 0 Å². The van der Waals surface area contributed by atoms with Gasteiger partial charge in [-0.1, -0.05) is 45.5 Å². The summed E-state index contributed by atoms with van der Waals surface area (Å²) < 4.78 is 17.0. The van der Waals surface area contributed by atoms with E-state index in [-0.39, 0.29) is 23.3 Å². The molecule has 218 valence electrons. The van der Waals surface area contributed by atoms with Crippen molar-refractivity contribution in [3.63, 3.8) is 0 Å². The van der Waals surface area contributed by atoms with Crippen LogP contribution < -0.4 is 4.90 Å². The van der Waals surface area contributed by atoms with E-state index in [4.69, 9.17) is 14.2 Å². The highest BCUT2D eigenvalue weighted by Gasteiger charge is 2.44. The van der Waals surface area contributed by atoms with Crippen molar-refractivity contribution < 1.29 is 23.8 Å². The fourth-order valence-corrected chi connectivity index (χ4v) is 6.32. The molecule has 1 spiro atoms. The third-order valence-electron chi connectivity index (χ3n) is 7.90. The first kappa shape index (κ1) is 31.6. The van der Waals surface area contributed by atoms with E-state index in [1.54, 1.807) is 0 Å². The lowest BCUT2D eigenvalue weighted by atomic mass is 9.81. The highest BCUT2D eigenvalue weighted by molar-refractivity contribution is 7.15. The number of amides is 1. The van der Waals surface area contributed by atoms with Gasteiger partial charge in [-0.3, -0.25) is 4.79 Å². The predicted molar refractivity (Wildman–Crippen MR) is 158 cm³/mol. The molecule has 0 unspecified atom stereocenters. The molecule has 2 saturated carbocycles. The van der Waals surface area contributed by atoms with Crippen LogP contribution in [0.2, 0.25) is 0 Å². The van der Waals surface area contributed by atoms with E-state index in [1.165, 1.54) is 31.3 Å². The maximum Gasteiger partial charge on any atom is 0.350 e. The highest BCUT2D eigenvalue weighted by Crippen LogP contribution is 2.42. The van der Waals surface area contributed by atoms with Gasteiger partial charge in [0.1, 0.15) is 4.88 Å². The zero-order chi connectivity index (χ0) is 28.6. The van der Waals surface area contributed by atoms with E-state index >= 15 is 0 Å². The number of rotatable bonds is 5. The van der Waals surface area contributed by atoms with Crippen LogP contribution in [0.1, 0.15) is 120 Å². The van der Waals surface area contributed by atoms with Gasteiger partial charge in [0.05, 0.1) is 30.9 Å². The topological polar surface area (TPSA) is 65.1 Å². The summed E-state index contributed by atoms with van der Waals surface area (Å²) in [5.74, 6) is 6.33. The Kier molecular flexibility index (Phi) is 11.5. The summed E-state index contributed by atoms with van der Waals surface area (Å²) in [4.78, 5) is 30.1. The maximum atomic E-state index is 14.1. The summed E-state index contributed by atoms with van der Waals surface area (Å²) in [6.45, 7) is 14.0. The maximum absolute atomic E-state index is 14.1. The third-order valence-corrected chi connectivity index (χ3v) is 8.92. The van der Waals surface area contributed by atoms with E-state index < -0.39 is 11.8 Å². The number of anilines is 1. The number of hydrogen-bond donors (Lipinski definition) is 0. The summed E-state index contributed by atoms with van der Waals surface area (Å²) in [5, 5.41) is 0. The van der Waals surface area contributed by atoms with Gasteiger partial charge in [0.2, 0.25) is 5.91 Å². The molecule has 4 rings (SSSR count). The third kappa shape index (κ3) is 8.55. The van der Waals surface area contributed by atoms with Gasteiger partial charge in [0.25, 0.3) is 0 Å². The van der Waals surface area contributed by atoms with Crippen LogP contribution >= 0.6 is 11.3 Å². The molecular formula is C32H49NO5S. The van der Waals surface area contributed by atoms with Crippen LogP contribution in [0.15, 0.2) is 6.07 Å². The molecule has 1 aromatic heterocycles. The molecule has 2 aliphatic carbocycles. The number of thiophene rings is 1. The lowest BCUT2D eigenvalue weighted by Gasteiger charge is -2.42. The van der Waals surface area contributed by atoms with Crippen LogP contribution in [0.5, 0.6) is 0 Å². The predicted octanol–water partition coefficient (Wildman–Crippen LogP) is 7.58. The number of hydrogen-bond acceptors (Lipinski definition) is 6. The van der Waals surface area contributed by atoms with Crippen molar-refractivity contribution in [3.8, 4) is 11.8 Å². The fourth-order valence-electron chi connectivity index (χ4n) is 5.40. The van der Waals surface area contributed by atoms with Gasteiger partial charge >= 0.3 is 5.97 Å². The summed E-state index contributed by atoms with van der Waals surface area (Å²) in [6, 6.07) is 1.91. The summed E-state index contributed by atoms with van der Waals surface area (Å²) in [7, 11) is 1.39. The molecule has 0 N–H and O–H groups in total. The molecule has 2 heterocycles. The van der Waals surface area contributed by atoms with Gasteiger partial charge < -0.3 is 19.1 Å². The first-order valence-corrected chi connectivity index (χ1v) is 15.7. The zero-order valence-corrected chi connectivity index (χ0v) is 26.0. The average Bonchev–Trinajstić information content (AvgIpc) is 3.56. The second kappa shape index (κ2) is 14.1. The largest absolute Gasteiger partial charge is 0.465 e. The van der Waals surface area contributed by atoms with Crippen molar-refractivity contribution in [2.45, 2.75) is 118 Å². The Labute approximate surface area is 240 Å². The highest BCUT2D eigenvalue weighted by atomic mass is 32.1. The minimum Gasteiger partial charge on any atom is -0.465 e. The first-order valence-electron chi connectivity index (χ1n) is 14.9. The zero-order valence-electron chi connectivity index (χ0n) is 25.2. The molecule has 0 aromatic carbocycles. The van der Waals surface area contributed by atoms with Crippen LogP contribution in [0.3, 0.4) is 0 Å². The van der Waals surface area contributed by atoms with E-state index in [2.05, 4.69) is 53.4 Å². The fraction of sp³-hybridized carbons (Fsp3) is 0.750. The van der Waals surface area contributed by atoms with E-state index in [9.17, 15) is 9.59 Å². The number of carbonyl (C=O) groups excluding carboxylic acids is 2. The van der Waals surface area contributed by atoms with Gasteiger partial charge in [-0.25, -0.2) is 4.79 Å². The molecule has 3 fully saturated rings. The average molecular weight is 560 g/mol. The minimum absolute atomic E-state index is 0.0123. The summed E-state index contributed by atoms with van der Waals surface area (Å²) in [5.41, 5.74) is 0.487. The number of carbonyl (C=O) groups is 2. The Bertz CT molecular complexity index is 1000. The molecule has 39 heavy (non-hydrogen) atoms. The molecule has 0 atom stereocenters. The standard InChI is InChI=1S/C28H39NO5S.C4H10/c1-19-6-8-20(9-7-19)25(30)29(21-10-14-28(15-11-21)33-16-17-34-28)23-18-22(12-13-27(2,3)4)35-24(23)26(31)32-5;1-3-4-2/h18-21H,6-11,14-17H2,1-5H3;3-4H2,1-2H3. The van der Waals surface area contributed by atoms with Crippen LogP contribution in [-0.2, 0) is 19.0 Å². The smallest absolute Gasteiger partial charge is 0.350 e. The van der Waals surface area contributed by atoms with Crippen molar-refractivity contribution >= 4 is 28.9 Å². The van der Waals surface area contributed by atoms with Crippen molar-refractivity contribution in [2.75, 3.05) is 25.2 Å². The van der Waals surface area contributed by atoms with Crippen molar-refractivity contribution in [3.05, 3.63) is 15.8 Å². The lowest BCUT2D eigenvalue weighted by Crippen LogP contribution is -2.49. The molecular weight excluding hydrogens is 510 g/mol. The van der Waals surface area contributed by atoms with E-state index in [0.29, 0.717) is 29.7 Å². The Morgan fingerprint density at radius 1 is 1.05 bits per heavy atom. The Hall–Kier alpha value is -1.88. The van der Waals surface area contributed by atoms with Crippen LogP contribution in [-0.4, -0.2) is 44.0 Å². The second-order valence-electron chi connectivity index (χ2n) is 12.3. The van der Waals surface area contributed by atoms with Crippen molar-refractivity contribution in [2.24, 2.45) is 17.3 Å². The van der Waals surface area contributed by atoms with Crippen LogP contribution in [0.4, 0.5) is 5.69 Å². The van der Waals surface area contributed by atoms with Crippen LogP contribution in [0, 0.1) is 29.1 Å². The molecule has 1 aromatic rings. The lowest BCUT2D eigenvalue weighted by molar-refractivity contribution is -0.179. The quantitative estimate of drug-likeness (QED) is 0.275. The number of esters is 1. The number of nitrogens with zero attached hydrogens (tertiary/aromatic N) is 1. The molecule has 6 nitrogen and oxygen atoms in total. The van der Waals surface area contributed by atoms with Gasteiger partial charge in [0, 0.05) is 30.2 Å². The normalized spacial score (nSPS) is 22.8. The molecule has 0 bridgehead atoms. The van der Waals surface area contributed by atoms with Gasteiger partial charge in [-0.05, 0) is 71.3 Å². The molecule has 7 heteroatoms. The Balaban J connectivity index is 0.000000983. The number of unbranched alkanes of at least 4 members (excludes halogenated alkanes) is 1. The van der Waals surface area contributed by atoms with Gasteiger partial charge in [-0.2, -0.15) is 0 Å². The molecule has 1 aliphatic heterocycles. The van der Waals surface area contributed by atoms with Gasteiger partial charge in [0.15, 0.2) is 5.79 Å². The molecule has 1 amide bonds. The SMILES string of the molecule is CCCC.COC(=O)c1sc(C#CC(C)(C)C)cc1N(C(=O)C1CCC(C)CC1)C1CCC2(CC1)OCCO2. The molecule has 3 aliphatic rings. The summed E-state index contributed by atoms with van der Waals surface area (Å²) in [6.07, 6.45) is 9.60. The Morgan fingerprint density at radius 3 is 2.15 bits per heavy atom. The van der Waals surface area contributed by atoms with Gasteiger partial charge in [-0.15, -0.1) is 11.3 Å². The first-order chi connectivity index (χ1) is 18.5. The second-order valence-corrected chi connectivity index (χ2v) is 13.4. The molecule has 1 saturated heterocycles. The minimum atomic E-state index is -0.505. The molecule has 0 radical (unpaired) electrons. The number of methoxy groups -OCH3 is 1. The van der Waals surface area contributed by atoms with E-state index in [0.717, 1.165) is 56.2 Å². The van der Waals surface area contributed by atoms with Crippen LogP contribution in [0.25, 0.3) is 0 Å². The number of ether oxygens (including phenoxy) is 3. The van der Waals surface area contributed by atoms with E-state index in [1.807, 2.05) is 11.0 Å². The monoisotopic (exact) mass is 559 g/mol.